The van der Waals surface area contributed by atoms with Crippen LogP contribution in [-0.2, 0) is 0 Å². The molecule has 0 aromatic heterocycles. The second kappa shape index (κ2) is 21.7. The Kier molecular flexibility index (Phi) is 20.8. The molecule has 0 heterocycles. The van der Waals surface area contributed by atoms with Gasteiger partial charge in [0.1, 0.15) is 0 Å². The summed E-state index contributed by atoms with van der Waals surface area (Å²) >= 11 is 0. The van der Waals surface area contributed by atoms with Crippen molar-refractivity contribution in [2.45, 2.75) is 245 Å². The Balaban J connectivity index is 0.000000314. The van der Waals surface area contributed by atoms with Crippen molar-refractivity contribution in [3.05, 3.63) is 0 Å². The van der Waals surface area contributed by atoms with Gasteiger partial charge in [-0.05, 0) is 114 Å². The SMILES string of the molecule is CC(C)(C)C1CCC(F)(F)CC1.CC(C)(C)C1CCCC1.CC(C)(C)C1CCCCC1.CC1CCC(C(C)(C)C)CC1.CC1CCC(C)CC1. The van der Waals surface area contributed by atoms with Crippen LogP contribution in [0.1, 0.15) is 239 Å². The Labute approximate surface area is 315 Å². The van der Waals surface area contributed by atoms with Gasteiger partial charge < -0.3 is 0 Å². The molecule has 0 aromatic carbocycles. The minimum Gasteiger partial charge on any atom is -0.207 e. The van der Waals surface area contributed by atoms with Gasteiger partial charge in [-0.1, -0.05) is 174 Å². The maximum atomic E-state index is 12.8. The number of hydrogen-bond acceptors (Lipinski definition) is 0. The van der Waals surface area contributed by atoms with E-state index in [4.69, 9.17) is 0 Å². The highest BCUT2D eigenvalue weighted by Gasteiger charge is 2.38. The van der Waals surface area contributed by atoms with E-state index in [2.05, 4.69) is 104 Å². The zero-order chi connectivity index (χ0) is 38.4. The second-order valence-corrected chi connectivity index (χ2v) is 22.7. The van der Waals surface area contributed by atoms with E-state index in [9.17, 15) is 8.78 Å². The molecule has 5 saturated carbocycles. The van der Waals surface area contributed by atoms with Gasteiger partial charge in [0.05, 0.1) is 0 Å². The van der Waals surface area contributed by atoms with E-state index in [1.807, 2.05) is 0 Å². The first-order valence-corrected chi connectivity index (χ1v) is 22.2. The summed E-state index contributed by atoms with van der Waals surface area (Å²) in [6.07, 6.45) is 26.6. The Morgan fingerprint density at radius 3 is 0.800 bits per heavy atom. The van der Waals surface area contributed by atoms with E-state index < -0.39 is 5.92 Å². The molecule has 5 aliphatic carbocycles. The molecule has 5 aliphatic rings. The quantitative estimate of drug-likeness (QED) is 0.235. The van der Waals surface area contributed by atoms with Crippen LogP contribution < -0.4 is 0 Å². The normalized spacial score (nSPS) is 28.7. The van der Waals surface area contributed by atoms with E-state index in [0.717, 1.165) is 35.5 Å². The molecule has 50 heavy (non-hydrogen) atoms. The van der Waals surface area contributed by atoms with E-state index in [1.165, 1.54) is 109 Å². The number of hydrogen-bond donors (Lipinski definition) is 0. The van der Waals surface area contributed by atoms with Gasteiger partial charge in [-0.3, -0.25) is 0 Å². The van der Waals surface area contributed by atoms with Crippen molar-refractivity contribution in [1.82, 2.24) is 0 Å². The van der Waals surface area contributed by atoms with Crippen LogP contribution in [0.5, 0.6) is 0 Å². The molecule has 0 bridgehead atoms. The number of alkyl halides is 2. The third-order valence-corrected chi connectivity index (χ3v) is 13.9. The summed E-state index contributed by atoms with van der Waals surface area (Å²) in [5, 5.41) is 0. The van der Waals surface area contributed by atoms with Gasteiger partial charge in [0.25, 0.3) is 0 Å². The van der Waals surface area contributed by atoms with Gasteiger partial charge >= 0.3 is 0 Å². The van der Waals surface area contributed by atoms with Crippen molar-refractivity contribution in [2.75, 3.05) is 0 Å². The molecule has 5 rings (SSSR count). The maximum absolute atomic E-state index is 12.8. The number of rotatable bonds is 0. The largest absolute Gasteiger partial charge is 0.248 e. The highest BCUT2D eigenvalue weighted by Crippen LogP contribution is 2.44. The molecule has 0 radical (unpaired) electrons. The summed E-state index contributed by atoms with van der Waals surface area (Å²) in [6.45, 7) is 34.9. The lowest BCUT2D eigenvalue weighted by molar-refractivity contribution is -0.0583. The van der Waals surface area contributed by atoms with Crippen LogP contribution in [0.4, 0.5) is 8.78 Å². The van der Waals surface area contributed by atoms with Crippen LogP contribution in [-0.4, -0.2) is 5.92 Å². The molecule has 0 N–H and O–H groups in total. The topological polar surface area (TPSA) is 0 Å². The summed E-state index contributed by atoms with van der Waals surface area (Å²) in [5.74, 6) is 4.14. The van der Waals surface area contributed by atoms with E-state index >= 15 is 0 Å². The first kappa shape index (κ1) is 47.9. The standard InChI is InChI=1S/C11H22.C10H18F2.C10H20.C9H18.C8H16/c1-9-5-7-10(8-6-9)11(2,3)4;1-9(2,3)8-4-6-10(11,12)7-5-8;1-10(2,3)9-7-5-4-6-8-9;1-9(2,3)8-6-4-5-7-8;1-7-3-5-8(2)6-4-7/h9-10H,5-8H2,1-4H3;8H,4-7H2,1-3H3;9H,4-8H2,1-3H3;8H,4-7H2,1-3H3;7-8H,3-6H2,1-2H3. The lowest BCUT2D eigenvalue weighted by Gasteiger charge is -2.36. The summed E-state index contributed by atoms with van der Waals surface area (Å²) in [4.78, 5) is 0. The second-order valence-electron chi connectivity index (χ2n) is 22.7. The fourth-order valence-electron chi connectivity index (χ4n) is 9.22. The highest BCUT2D eigenvalue weighted by molar-refractivity contribution is 4.84. The van der Waals surface area contributed by atoms with Crippen LogP contribution in [0, 0.1) is 63.1 Å². The maximum Gasteiger partial charge on any atom is 0.248 e. The average molecular weight is 709 g/mol. The van der Waals surface area contributed by atoms with Crippen LogP contribution in [0.25, 0.3) is 0 Å². The molecule has 5 fully saturated rings. The third kappa shape index (κ3) is 20.9. The Bertz CT molecular complexity index is 811. The van der Waals surface area contributed by atoms with Crippen LogP contribution in [0.3, 0.4) is 0 Å². The van der Waals surface area contributed by atoms with E-state index in [1.54, 1.807) is 0 Å². The molecule has 300 valence electrons. The van der Waals surface area contributed by atoms with Crippen molar-refractivity contribution in [3.8, 4) is 0 Å². The first-order valence-electron chi connectivity index (χ1n) is 22.2. The highest BCUT2D eigenvalue weighted by atomic mass is 19.3. The monoisotopic (exact) mass is 709 g/mol. The average Bonchev–Trinajstić information content (AvgIpc) is 3.56. The van der Waals surface area contributed by atoms with Crippen molar-refractivity contribution in [1.29, 1.82) is 0 Å². The third-order valence-electron chi connectivity index (χ3n) is 13.9. The molecule has 0 saturated heterocycles. The summed E-state index contributed by atoms with van der Waals surface area (Å²) in [5.41, 5.74) is 1.91. The van der Waals surface area contributed by atoms with Crippen molar-refractivity contribution < 1.29 is 8.78 Å². The van der Waals surface area contributed by atoms with Gasteiger partial charge in [-0.15, -0.1) is 0 Å². The summed E-state index contributed by atoms with van der Waals surface area (Å²) < 4.78 is 25.5. The van der Waals surface area contributed by atoms with Gasteiger partial charge in [0.2, 0.25) is 5.92 Å². The zero-order valence-corrected chi connectivity index (χ0v) is 37.1. The van der Waals surface area contributed by atoms with Crippen molar-refractivity contribution in [3.63, 3.8) is 0 Å². The molecular formula is C48H94F2. The van der Waals surface area contributed by atoms with Gasteiger partial charge in [-0.25, -0.2) is 8.78 Å². The van der Waals surface area contributed by atoms with Crippen LogP contribution in [0.15, 0.2) is 0 Å². The van der Waals surface area contributed by atoms with Crippen LogP contribution >= 0.6 is 0 Å². The Hall–Kier alpha value is -0.140. The molecule has 0 atom stereocenters. The summed E-state index contributed by atoms with van der Waals surface area (Å²) in [7, 11) is 0. The smallest absolute Gasteiger partial charge is 0.207 e. The lowest BCUT2D eigenvalue weighted by atomic mass is 9.70. The Morgan fingerprint density at radius 1 is 0.320 bits per heavy atom. The van der Waals surface area contributed by atoms with Crippen molar-refractivity contribution in [2.24, 2.45) is 63.1 Å². The Morgan fingerprint density at radius 2 is 0.540 bits per heavy atom. The van der Waals surface area contributed by atoms with E-state index in [0.29, 0.717) is 35.0 Å². The van der Waals surface area contributed by atoms with Gasteiger partial charge in [0.15, 0.2) is 0 Å². The van der Waals surface area contributed by atoms with Gasteiger partial charge in [0, 0.05) is 12.8 Å². The first-order chi connectivity index (χ1) is 22.8. The zero-order valence-electron chi connectivity index (χ0n) is 37.1. The molecular weight excluding hydrogens is 615 g/mol. The molecule has 0 spiro atoms. The summed E-state index contributed by atoms with van der Waals surface area (Å²) in [6, 6.07) is 0. The minimum atomic E-state index is -2.37. The molecule has 0 unspecified atom stereocenters. The number of halogens is 2. The predicted molar refractivity (Wildman–Crippen MR) is 221 cm³/mol. The van der Waals surface area contributed by atoms with E-state index in [-0.39, 0.29) is 18.3 Å². The molecule has 0 amide bonds. The molecule has 0 nitrogen and oxygen atoms in total. The van der Waals surface area contributed by atoms with Crippen molar-refractivity contribution >= 4 is 0 Å². The minimum absolute atomic E-state index is 0.0922. The molecule has 2 heteroatoms. The lowest BCUT2D eigenvalue weighted by Crippen LogP contribution is -2.31. The predicted octanol–water partition coefficient (Wildman–Crippen LogP) is 17.4. The molecule has 0 aromatic rings. The fraction of sp³-hybridized carbons (Fsp3) is 1.00. The van der Waals surface area contributed by atoms with Crippen LogP contribution in [0.2, 0.25) is 0 Å². The van der Waals surface area contributed by atoms with Gasteiger partial charge in [-0.2, -0.15) is 0 Å². The fourth-order valence-corrected chi connectivity index (χ4v) is 9.22. The molecule has 0 aliphatic heterocycles.